The van der Waals surface area contributed by atoms with E-state index in [-0.39, 0.29) is 37.1 Å². The number of hydrazine groups is 1. The highest BCUT2D eigenvalue weighted by atomic mass is 16.5. The summed E-state index contributed by atoms with van der Waals surface area (Å²) in [5, 5.41) is 3.53. The Morgan fingerprint density at radius 1 is 1.40 bits per heavy atom. The Hall–Kier alpha value is -2.42. The van der Waals surface area contributed by atoms with E-state index in [4.69, 9.17) is 10.4 Å². The van der Waals surface area contributed by atoms with Crippen LogP contribution in [0.3, 0.4) is 0 Å². The number of likely N-dealkylation sites (N-methyl/N-ethyl adjacent to an activating group) is 1. The Labute approximate surface area is 114 Å². The third-order valence-electron chi connectivity index (χ3n) is 3.01. The van der Waals surface area contributed by atoms with E-state index in [1.165, 1.54) is 15.9 Å². The van der Waals surface area contributed by atoms with Gasteiger partial charge in [0, 0.05) is 12.6 Å². The molecule has 2 rings (SSSR count). The van der Waals surface area contributed by atoms with Gasteiger partial charge in [-0.25, -0.2) is 5.84 Å². The Morgan fingerprint density at radius 3 is 2.70 bits per heavy atom. The van der Waals surface area contributed by atoms with Crippen LogP contribution in [0.1, 0.15) is 23.2 Å². The second kappa shape index (κ2) is 5.70. The Balaban J connectivity index is 2.03. The van der Waals surface area contributed by atoms with Gasteiger partial charge in [0.2, 0.25) is 11.8 Å². The number of aromatic nitrogens is 1. The van der Waals surface area contributed by atoms with Crippen molar-refractivity contribution in [3.05, 3.63) is 17.5 Å². The topological polar surface area (TPSA) is 122 Å². The molecule has 0 saturated carbocycles. The Morgan fingerprint density at radius 2 is 2.05 bits per heavy atom. The molecule has 3 amide bonds. The van der Waals surface area contributed by atoms with Crippen LogP contribution in [0.25, 0.3) is 0 Å². The van der Waals surface area contributed by atoms with Gasteiger partial charge in [-0.1, -0.05) is 5.16 Å². The molecule has 0 bridgehead atoms. The van der Waals surface area contributed by atoms with Crippen LogP contribution in [0, 0.1) is 0 Å². The molecule has 9 nitrogen and oxygen atoms in total. The number of nitrogens with zero attached hydrogens (tertiary/aromatic N) is 3. The predicted molar refractivity (Wildman–Crippen MR) is 65.8 cm³/mol. The minimum Gasteiger partial charge on any atom is -0.359 e. The van der Waals surface area contributed by atoms with Gasteiger partial charge in [-0.2, -0.15) is 0 Å². The smallest absolute Gasteiger partial charge is 0.287 e. The van der Waals surface area contributed by atoms with Gasteiger partial charge in [0.05, 0.1) is 13.1 Å². The first-order valence-electron chi connectivity index (χ1n) is 6.07. The number of rotatable bonds is 4. The molecule has 20 heavy (non-hydrogen) atoms. The summed E-state index contributed by atoms with van der Waals surface area (Å²) in [4.78, 5) is 37.7. The standard InChI is InChI=1S/C11H15N5O4/c1-2-15-5-10(18)16(6-9(15)17)4-7-3-8(14-20-7)11(19)13-12/h3H,2,4-6,12H2,1H3,(H,13,19). The van der Waals surface area contributed by atoms with Crippen LogP contribution in [-0.2, 0) is 16.1 Å². The summed E-state index contributed by atoms with van der Waals surface area (Å²) < 4.78 is 4.94. The number of nitrogens with two attached hydrogens (primary N) is 1. The van der Waals surface area contributed by atoms with Crippen molar-refractivity contribution in [3.63, 3.8) is 0 Å². The molecule has 0 unspecified atom stereocenters. The van der Waals surface area contributed by atoms with Crippen molar-refractivity contribution >= 4 is 17.7 Å². The summed E-state index contributed by atoms with van der Waals surface area (Å²) in [5.41, 5.74) is 1.95. The van der Waals surface area contributed by atoms with Crippen molar-refractivity contribution in [1.82, 2.24) is 20.4 Å². The van der Waals surface area contributed by atoms with E-state index in [0.29, 0.717) is 12.3 Å². The maximum absolute atomic E-state index is 11.9. The van der Waals surface area contributed by atoms with Crippen molar-refractivity contribution in [2.75, 3.05) is 19.6 Å². The van der Waals surface area contributed by atoms with Gasteiger partial charge >= 0.3 is 0 Å². The molecule has 0 radical (unpaired) electrons. The van der Waals surface area contributed by atoms with Crippen LogP contribution in [0.15, 0.2) is 10.6 Å². The molecule has 108 valence electrons. The van der Waals surface area contributed by atoms with Gasteiger partial charge < -0.3 is 14.3 Å². The Bertz CT molecular complexity index is 541. The highest BCUT2D eigenvalue weighted by molar-refractivity contribution is 5.93. The van der Waals surface area contributed by atoms with E-state index < -0.39 is 5.91 Å². The fourth-order valence-corrected chi connectivity index (χ4v) is 1.89. The van der Waals surface area contributed by atoms with Crippen LogP contribution in [0.4, 0.5) is 0 Å². The number of carbonyl (C=O) groups is 3. The number of carbonyl (C=O) groups excluding carboxylic acids is 3. The van der Waals surface area contributed by atoms with Gasteiger partial charge in [0.25, 0.3) is 5.91 Å². The summed E-state index contributed by atoms with van der Waals surface area (Å²) in [6.45, 7) is 2.45. The van der Waals surface area contributed by atoms with Gasteiger partial charge in [-0.3, -0.25) is 19.8 Å². The maximum Gasteiger partial charge on any atom is 0.287 e. The number of hydrogen-bond donors (Lipinski definition) is 2. The minimum absolute atomic E-state index is 0.00814. The van der Waals surface area contributed by atoms with Crippen LogP contribution in [-0.4, -0.2) is 52.3 Å². The summed E-state index contributed by atoms with van der Waals surface area (Å²) in [6, 6.07) is 1.38. The lowest BCUT2D eigenvalue weighted by molar-refractivity contribution is -0.150. The van der Waals surface area contributed by atoms with Crippen molar-refractivity contribution < 1.29 is 18.9 Å². The van der Waals surface area contributed by atoms with Crippen molar-refractivity contribution in [2.45, 2.75) is 13.5 Å². The minimum atomic E-state index is -0.585. The zero-order valence-corrected chi connectivity index (χ0v) is 11.0. The second-order valence-electron chi connectivity index (χ2n) is 4.31. The maximum atomic E-state index is 11.9. The Kier molecular flexibility index (Phi) is 3.99. The van der Waals surface area contributed by atoms with Crippen molar-refractivity contribution in [2.24, 2.45) is 5.84 Å². The normalized spacial score (nSPS) is 15.7. The van der Waals surface area contributed by atoms with E-state index >= 15 is 0 Å². The number of nitrogen functional groups attached to an aromatic ring is 1. The van der Waals surface area contributed by atoms with E-state index in [0.717, 1.165) is 0 Å². The molecule has 0 atom stereocenters. The molecule has 0 aromatic carbocycles. The van der Waals surface area contributed by atoms with Gasteiger partial charge in [-0.15, -0.1) is 0 Å². The summed E-state index contributed by atoms with van der Waals surface area (Å²) in [7, 11) is 0. The van der Waals surface area contributed by atoms with Gasteiger partial charge in [-0.05, 0) is 6.92 Å². The quantitative estimate of drug-likeness (QED) is 0.392. The highest BCUT2D eigenvalue weighted by Gasteiger charge is 2.29. The van der Waals surface area contributed by atoms with Crippen molar-refractivity contribution in [1.29, 1.82) is 0 Å². The molecule has 1 aliphatic rings. The molecular formula is C11H15N5O4. The lowest BCUT2D eigenvalue weighted by Gasteiger charge is -2.32. The van der Waals surface area contributed by atoms with E-state index in [1.54, 1.807) is 0 Å². The molecule has 2 heterocycles. The zero-order chi connectivity index (χ0) is 14.7. The largest absolute Gasteiger partial charge is 0.359 e. The molecule has 9 heteroatoms. The predicted octanol–water partition coefficient (Wildman–Crippen LogP) is -1.53. The lowest BCUT2D eigenvalue weighted by Crippen LogP contribution is -2.53. The van der Waals surface area contributed by atoms with Crippen LogP contribution < -0.4 is 11.3 Å². The van der Waals surface area contributed by atoms with E-state index in [1.807, 2.05) is 12.3 Å². The lowest BCUT2D eigenvalue weighted by atomic mass is 10.2. The first-order chi connectivity index (χ1) is 9.55. The molecule has 1 aromatic heterocycles. The van der Waals surface area contributed by atoms with E-state index in [9.17, 15) is 14.4 Å². The highest BCUT2D eigenvalue weighted by Crippen LogP contribution is 2.11. The number of amides is 3. The number of hydrogen-bond acceptors (Lipinski definition) is 6. The average Bonchev–Trinajstić information content (AvgIpc) is 2.90. The molecule has 1 fully saturated rings. The second-order valence-corrected chi connectivity index (χ2v) is 4.31. The van der Waals surface area contributed by atoms with Crippen LogP contribution in [0.2, 0.25) is 0 Å². The number of piperazine rings is 1. The first kappa shape index (κ1) is 14.0. The molecule has 1 aliphatic heterocycles. The van der Waals surface area contributed by atoms with Gasteiger partial charge in [0.1, 0.15) is 6.54 Å². The van der Waals surface area contributed by atoms with Crippen molar-refractivity contribution in [3.8, 4) is 0 Å². The molecule has 0 aliphatic carbocycles. The molecule has 1 saturated heterocycles. The average molecular weight is 281 g/mol. The third kappa shape index (κ3) is 2.77. The third-order valence-corrected chi connectivity index (χ3v) is 3.01. The fraction of sp³-hybridized carbons (Fsp3) is 0.455. The summed E-state index contributed by atoms with van der Waals surface area (Å²) in [5.74, 6) is 4.41. The zero-order valence-electron chi connectivity index (χ0n) is 11.0. The molecule has 3 N–H and O–H groups in total. The first-order valence-corrected chi connectivity index (χ1v) is 6.07. The van der Waals surface area contributed by atoms with Crippen LogP contribution >= 0.6 is 0 Å². The summed E-state index contributed by atoms with van der Waals surface area (Å²) in [6.07, 6.45) is 0. The summed E-state index contributed by atoms with van der Waals surface area (Å²) >= 11 is 0. The molecular weight excluding hydrogens is 266 g/mol. The SMILES string of the molecule is CCN1CC(=O)N(Cc2cc(C(=O)NN)no2)CC1=O. The number of nitrogens with one attached hydrogen (secondary N) is 1. The van der Waals surface area contributed by atoms with Crippen LogP contribution in [0.5, 0.6) is 0 Å². The molecule has 1 aromatic rings. The van der Waals surface area contributed by atoms with E-state index in [2.05, 4.69) is 5.16 Å². The monoisotopic (exact) mass is 281 g/mol. The fourth-order valence-electron chi connectivity index (χ4n) is 1.89. The molecule has 0 spiro atoms. The van der Waals surface area contributed by atoms with Gasteiger partial charge in [0.15, 0.2) is 11.5 Å².